The standard InChI is InChI=1S/C32H26F3N5O2S/c1-19-6-5-7-20(2)28(19)40-29(41)31(3,4)43-30(40)38-37-17-21-8-14-25-22(16-21)9-15-26-27(25)36-18-39(26)23-10-12-24(13-11-23)42-32(33,34)35/h5-18H,1-4H3/b37-17+,38-30+. The van der Waals surface area contributed by atoms with Gasteiger partial charge in [-0.1, -0.05) is 48.2 Å². The molecule has 0 bridgehead atoms. The molecule has 0 unspecified atom stereocenters. The van der Waals surface area contributed by atoms with Crippen LogP contribution in [0.15, 0.2) is 89.3 Å². The van der Waals surface area contributed by atoms with Gasteiger partial charge in [-0.3, -0.25) is 14.3 Å². The minimum absolute atomic E-state index is 0.0383. The highest BCUT2D eigenvalue weighted by molar-refractivity contribution is 8.16. The van der Waals surface area contributed by atoms with Crippen LogP contribution in [0, 0.1) is 13.8 Å². The van der Waals surface area contributed by atoms with Gasteiger partial charge in [0.2, 0.25) is 5.91 Å². The molecular weight excluding hydrogens is 575 g/mol. The second kappa shape index (κ2) is 10.6. The van der Waals surface area contributed by atoms with Crippen molar-refractivity contribution < 1.29 is 22.7 Å². The number of amides is 1. The van der Waals surface area contributed by atoms with Crippen LogP contribution < -0.4 is 9.64 Å². The number of anilines is 1. The monoisotopic (exact) mass is 601 g/mol. The molecule has 5 aromatic rings. The van der Waals surface area contributed by atoms with Gasteiger partial charge in [-0.2, -0.15) is 5.10 Å². The topological polar surface area (TPSA) is 72.1 Å². The fourth-order valence-electron chi connectivity index (χ4n) is 5.16. The van der Waals surface area contributed by atoms with E-state index in [4.69, 9.17) is 0 Å². The zero-order valence-corrected chi connectivity index (χ0v) is 24.5. The number of fused-ring (bicyclic) bond motifs is 3. The summed E-state index contributed by atoms with van der Waals surface area (Å²) < 4.78 is 42.7. The smallest absolute Gasteiger partial charge is 0.406 e. The number of halogens is 3. The van der Waals surface area contributed by atoms with Crippen LogP contribution in [-0.2, 0) is 4.79 Å². The lowest BCUT2D eigenvalue weighted by atomic mass is 10.1. The van der Waals surface area contributed by atoms with Crippen molar-refractivity contribution >= 4 is 56.5 Å². The van der Waals surface area contributed by atoms with Gasteiger partial charge in [-0.05, 0) is 86.2 Å². The highest BCUT2D eigenvalue weighted by Crippen LogP contribution is 2.41. The Balaban J connectivity index is 1.28. The normalized spacial score (nSPS) is 16.3. The lowest BCUT2D eigenvalue weighted by Crippen LogP contribution is -2.36. The molecule has 0 saturated carbocycles. The number of carbonyl (C=O) groups excluding carboxylic acids is 1. The lowest BCUT2D eigenvalue weighted by molar-refractivity contribution is -0.274. The first-order valence-electron chi connectivity index (χ1n) is 13.4. The average molecular weight is 602 g/mol. The Labute approximate surface area is 249 Å². The van der Waals surface area contributed by atoms with Crippen LogP contribution in [0.2, 0.25) is 0 Å². The number of hydrogen-bond donors (Lipinski definition) is 0. The van der Waals surface area contributed by atoms with Crippen molar-refractivity contribution in [2.24, 2.45) is 10.2 Å². The van der Waals surface area contributed by atoms with E-state index < -0.39 is 11.1 Å². The molecule has 2 heterocycles. The number of imidazole rings is 1. The van der Waals surface area contributed by atoms with Crippen LogP contribution in [0.5, 0.6) is 5.75 Å². The molecule has 1 fully saturated rings. The fraction of sp³-hybridized carbons (Fsp3) is 0.188. The SMILES string of the molecule is Cc1cccc(C)c1N1C(=O)C(C)(C)S/C1=N/N=C/c1ccc2c(ccc3c2ncn3-c2ccc(OC(F)(F)F)cc2)c1. The minimum atomic E-state index is -4.75. The number of carbonyl (C=O) groups is 1. The van der Waals surface area contributed by atoms with E-state index in [1.165, 1.54) is 23.9 Å². The number of rotatable bonds is 5. The van der Waals surface area contributed by atoms with Crippen molar-refractivity contribution in [1.29, 1.82) is 0 Å². The number of ether oxygens (including phenoxy) is 1. The van der Waals surface area contributed by atoms with Crippen LogP contribution in [0.1, 0.15) is 30.5 Å². The molecule has 218 valence electrons. The van der Waals surface area contributed by atoms with Gasteiger partial charge < -0.3 is 4.74 Å². The maximum absolute atomic E-state index is 13.3. The fourth-order valence-corrected chi connectivity index (χ4v) is 6.15. The van der Waals surface area contributed by atoms with E-state index in [1.807, 2.05) is 80.8 Å². The number of aromatic nitrogens is 2. The summed E-state index contributed by atoms with van der Waals surface area (Å²) in [4.78, 5) is 19.5. The third-order valence-corrected chi connectivity index (χ3v) is 8.31. The Morgan fingerprint density at radius 1 is 0.977 bits per heavy atom. The molecule has 0 aliphatic carbocycles. The summed E-state index contributed by atoms with van der Waals surface area (Å²) in [5.41, 5.74) is 5.84. The van der Waals surface area contributed by atoms with Gasteiger partial charge in [-0.15, -0.1) is 18.3 Å². The van der Waals surface area contributed by atoms with E-state index >= 15 is 0 Å². The number of alkyl halides is 3. The zero-order valence-electron chi connectivity index (χ0n) is 23.7. The van der Waals surface area contributed by atoms with Crippen molar-refractivity contribution in [3.05, 3.63) is 95.8 Å². The third kappa shape index (κ3) is 5.48. The Morgan fingerprint density at radius 2 is 1.70 bits per heavy atom. The Morgan fingerprint density at radius 3 is 2.40 bits per heavy atom. The van der Waals surface area contributed by atoms with Gasteiger partial charge in [0.05, 0.1) is 27.7 Å². The van der Waals surface area contributed by atoms with Crippen molar-refractivity contribution in [1.82, 2.24) is 9.55 Å². The molecule has 1 amide bonds. The average Bonchev–Trinajstić information content (AvgIpc) is 3.47. The predicted octanol–water partition coefficient (Wildman–Crippen LogP) is 7.94. The van der Waals surface area contributed by atoms with E-state index in [0.29, 0.717) is 10.9 Å². The van der Waals surface area contributed by atoms with Crippen LogP contribution in [0.4, 0.5) is 18.9 Å². The first kappa shape index (κ1) is 28.5. The first-order valence-corrected chi connectivity index (χ1v) is 14.2. The van der Waals surface area contributed by atoms with Gasteiger partial charge >= 0.3 is 6.36 Å². The van der Waals surface area contributed by atoms with Gasteiger partial charge in [-0.25, -0.2) is 4.98 Å². The number of nitrogens with zero attached hydrogens (tertiary/aromatic N) is 5. The first-order chi connectivity index (χ1) is 20.4. The molecule has 1 saturated heterocycles. The zero-order chi connectivity index (χ0) is 30.5. The summed E-state index contributed by atoms with van der Waals surface area (Å²) in [5, 5.41) is 11.2. The number of hydrogen-bond acceptors (Lipinski definition) is 6. The van der Waals surface area contributed by atoms with E-state index in [0.717, 1.165) is 44.2 Å². The van der Waals surface area contributed by atoms with Crippen molar-refractivity contribution in [3.8, 4) is 11.4 Å². The number of para-hydroxylation sites is 1. The Kier molecular flexibility index (Phi) is 7.00. The van der Waals surface area contributed by atoms with E-state index in [1.54, 1.807) is 29.6 Å². The summed E-state index contributed by atoms with van der Waals surface area (Å²) in [5.74, 6) is -0.325. The second-order valence-corrected chi connectivity index (χ2v) is 12.3. The molecule has 1 aliphatic rings. The summed E-state index contributed by atoms with van der Waals surface area (Å²) in [6, 6.07) is 21.3. The van der Waals surface area contributed by atoms with Gasteiger partial charge in [0.1, 0.15) is 12.1 Å². The molecule has 1 aliphatic heterocycles. The molecule has 43 heavy (non-hydrogen) atoms. The number of thioether (sulfide) groups is 1. The predicted molar refractivity (Wildman–Crippen MR) is 165 cm³/mol. The summed E-state index contributed by atoms with van der Waals surface area (Å²) >= 11 is 1.38. The number of aryl methyl sites for hydroxylation is 2. The summed E-state index contributed by atoms with van der Waals surface area (Å²) in [6.45, 7) is 7.72. The molecule has 7 nitrogen and oxygen atoms in total. The second-order valence-electron chi connectivity index (χ2n) is 10.7. The summed E-state index contributed by atoms with van der Waals surface area (Å²) in [6.07, 6.45) is -1.46. The molecular formula is C32H26F3N5O2S. The van der Waals surface area contributed by atoms with Gasteiger partial charge in [0.25, 0.3) is 0 Å². The molecule has 0 atom stereocenters. The molecule has 1 aromatic heterocycles. The highest BCUT2D eigenvalue weighted by Gasteiger charge is 2.46. The van der Waals surface area contributed by atoms with Crippen LogP contribution in [-0.4, -0.2) is 37.9 Å². The number of benzene rings is 4. The van der Waals surface area contributed by atoms with Gasteiger partial charge in [0.15, 0.2) is 5.17 Å². The van der Waals surface area contributed by atoms with E-state index in [9.17, 15) is 18.0 Å². The number of amidine groups is 1. The quantitative estimate of drug-likeness (QED) is 0.151. The molecule has 6 rings (SSSR count). The molecule has 0 N–H and O–H groups in total. The van der Waals surface area contributed by atoms with Crippen molar-refractivity contribution in [3.63, 3.8) is 0 Å². The molecule has 0 spiro atoms. The van der Waals surface area contributed by atoms with Crippen LogP contribution in [0.25, 0.3) is 27.5 Å². The Bertz CT molecular complexity index is 1920. The molecule has 11 heteroatoms. The van der Waals surface area contributed by atoms with E-state index in [2.05, 4.69) is 19.9 Å². The van der Waals surface area contributed by atoms with E-state index in [-0.39, 0.29) is 11.7 Å². The molecule has 0 radical (unpaired) electrons. The Hall–Kier alpha value is -4.64. The largest absolute Gasteiger partial charge is 0.573 e. The highest BCUT2D eigenvalue weighted by atomic mass is 32.2. The lowest BCUT2D eigenvalue weighted by Gasteiger charge is -2.21. The van der Waals surface area contributed by atoms with Crippen molar-refractivity contribution in [2.45, 2.75) is 38.8 Å². The third-order valence-electron chi connectivity index (χ3n) is 7.17. The van der Waals surface area contributed by atoms with Crippen LogP contribution in [0.3, 0.4) is 0 Å². The maximum Gasteiger partial charge on any atom is 0.573 e. The molecule has 4 aromatic carbocycles. The van der Waals surface area contributed by atoms with Crippen molar-refractivity contribution in [2.75, 3.05) is 4.90 Å². The minimum Gasteiger partial charge on any atom is -0.406 e. The van der Waals surface area contributed by atoms with Crippen LogP contribution >= 0.6 is 11.8 Å². The van der Waals surface area contributed by atoms with Gasteiger partial charge in [0, 0.05) is 11.1 Å². The summed E-state index contributed by atoms with van der Waals surface area (Å²) in [7, 11) is 0. The maximum atomic E-state index is 13.3.